The largest absolute Gasteiger partial charge is 0.361 e. The maximum Gasteiger partial charge on any atom is 0.219 e. The smallest absolute Gasteiger partial charge is 0.219 e. The number of carbonyl (C=O) groups is 3. The molecule has 1 unspecified atom stereocenters. The lowest BCUT2D eigenvalue weighted by Gasteiger charge is -2.18. The van der Waals surface area contributed by atoms with Gasteiger partial charge in [0, 0.05) is 24.2 Å². The average molecular weight is 365 g/mol. The molecule has 2 aliphatic rings. The standard InChI is InChI=1S/C16H17BrN2O3/c1-6(2)14(20)9-8(4)18-12-10(9)15(21)13(11(17)16(12)22)19-5-7(19)3/h6-7,18H,5H2,1-4H3. The number of fused-ring (bicyclic) bond motifs is 1. The van der Waals surface area contributed by atoms with E-state index in [-0.39, 0.29) is 45.0 Å². The van der Waals surface area contributed by atoms with Gasteiger partial charge in [-0.05, 0) is 29.8 Å². The molecule has 1 fully saturated rings. The highest BCUT2D eigenvalue weighted by atomic mass is 79.9. The first-order valence-corrected chi connectivity index (χ1v) is 8.07. The molecule has 1 saturated heterocycles. The van der Waals surface area contributed by atoms with E-state index in [9.17, 15) is 14.4 Å². The third kappa shape index (κ3) is 2.00. The third-order valence-corrected chi connectivity index (χ3v) is 4.92. The van der Waals surface area contributed by atoms with E-state index in [1.165, 1.54) is 0 Å². The molecule has 1 aromatic rings. The Labute approximate surface area is 136 Å². The molecule has 1 aliphatic heterocycles. The number of nitrogens with one attached hydrogen (secondary N) is 1. The Balaban J connectivity index is 2.19. The summed E-state index contributed by atoms with van der Waals surface area (Å²) in [6.07, 6.45) is 0. The first kappa shape index (κ1) is 15.2. The van der Waals surface area contributed by atoms with Gasteiger partial charge in [-0.2, -0.15) is 0 Å². The first-order chi connectivity index (χ1) is 10.3. The van der Waals surface area contributed by atoms with E-state index in [0.29, 0.717) is 17.0 Å². The molecule has 6 heteroatoms. The second kappa shape index (κ2) is 4.91. The molecule has 0 amide bonds. The second-order valence-electron chi connectivity index (χ2n) is 6.22. The Kier molecular flexibility index (Phi) is 3.40. The van der Waals surface area contributed by atoms with Crippen molar-refractivity contribution in [3.8, 4) is 0 Å². The average Bonchev–Trinajstić information content (AvgIpc) is 3.04. The van der Waals surface area contributed by atoms with Gasteiger partial charge in [-0.25, -0.2) is 0 Å². The Hall–Kier alpha value is -1.69. The van der Waals surface area contributed by atoms with Crippen LogP contribution in [0.3, 0.4) is 0 Å². The Morgan fingerprint density at radius 1 is 1.32 bits per heavy atom. The predicted molar refractivity (Wildman–Crippen MR) is 85.5 cm³/mol. The number of aromatic nitrogens is 1. The number of H-pyrrole nitrogens is 1. The molecule has 3 rings (SSSR count). The van der Waals surface area contributed by atoms with Gasteiger partial charge in [-0.3, -0.25) is 14.4 Å². The monoisotopic (exact) mass is 364 g/mol. The Morgan fingerprint density at radius 2 is 1.91 bits per heavy atom. The minimum absolute atomic E-state index is 0.118. The molecular formula is C16H17BrN2O3. The number of nitrogens with zero attached hydrogens (tertiary/aromatic N) is 1. The Morgan fingerprint density at radius 3 is 2.41 bits per heavy atom. The van der Waals surface area contributed by atoms with Gasteiger partial charge in [0.25, 0.3) is 0 Å². The lowest BCUT2D eigenvalue weighted by molar-refractivity contribution is 0.0923. The van der Waals surface area contributed by atoms with Crippen LogP contribution in [0.25, 0.3) is 0 Å². The summed E-state index contributed by atoms with van der Waals surface area (Å²) in [6, 6.07) is 0.241. The van der Waals surface area contributed by atoms with Crippen LogP contribution in [-0.4, -0.2) is 39.8 Å². The van der Waals surface area contributed by atoms with Crippen LogP contribution >= 0.6 is 15.9 Å². The quantitative estimate of drug-likeness (QED) is 0.661. The van der Waals surface area contributed by atoms with Crippen LogP contribution in [0.5, 0.6) is 0 Å². The van der Waals surface area contributed by atoms with Gasteiger partial charge >= 0.3 is 0 Å². The molecule has 0 bridgehead atoms. The highest BCUT2D eigenvalue weighted by molar-refractivity contribution is 9.12. The first-order valence-electron chi connectivity index (χ1n) is 7.28. The summed E-state index contributed by atoms with van der Waals surface area (Å²) < 4.78 is 0.277. The number of aryl methyl sites for hydroxylation is 1. The summed E-state index contributed by atoms with van der Waals surface area (Å²) in [7, 11) is 0. The van der Waals surface area contributed by atoms with E-state index >= 15 is 0 Å². The van der Waals surface area contributed by atoms with Crippen LogP contribution in [0, 0.1) is 12.8 Å². The maximum absolute atomic E-state index is 12.9. The number of hydrogen-bond acceptors (Lipinski definition) is 4. The maximum atomic E-state index is 12.9. The second-order valence-corrected chi connectivity index (χ2v) is 7.01. The molecule has 1 aromatic heterocycles. The van der Waals surface area contributed by atoms with E-state index in [2.05, 4.69) is 20.9 Å². The van der Waals surface area contributed by atoms with Crippen molar-refractivity contribution in [3.63, 3.8) is 0 Å². The van der Waals surface area contributed by atoms with E-state index in [1.54, 1.807) is 20.8 Å². The lowest BCUT2D eigenvalue weighted by Crippen LogP contribution is -2.26. The van der Waals surface area contributed by atoms with Crippen LogP contribution in [0.1, 0.15) is 57.7 Å². The molecule has 1 N–H and O–H groups in total. The normalized spacial score (nSPS) is 20.8. The van der Waals surface area contributed by atoms with Crippen LogP contribution in [-0.2, 0) is 0 Å². The van der Waals surface area contributed by atoms with Gasteiger partial charge < -0.3 is 9.88 Å². The number of Topliss-reactive ketones (excluding diaryl/α,β-unsaturated/α-hetero) is 3. The van der Waals surface area contributed by atoms with Crippen molar-refractivity contribution in [2.24, 2.45) is 5.92 Å². The summed E-state index contributed by atoms with van der Waals surface area (Å²) in [5.41, 5.74) is 1.76. The zero-order valence-corrected chi connectivity index (χ0v) is 14.5. The molecule has 5 nitrogen and oxygen atoms in total. The minimum Gasteiger partial charge on any atom is -0.361 e. The fraction of sp³-hybridized carbons (Fsp3) is 0.438. The molecule has 0 radical (unpaired) electrons. The van der Waals surface area contributed by atoms with Crippen molar-refractivity contribution in [2.75, 3.05) is 6.54 Å². The van der Waals surface area contributed by atoms with Gasteiger partial charge in [0.2, 0.25) is 11.6 Å². The van der Waals surface area contributed by atoms with Crippen LogP contribution < -0.4 is 0 Å². The topological polar surface area (TPSA) is 70.0 Å². The van der Waals surface area contributed by atoms with Crippen molar-refractivity contribution in [1.82, 2.24) is 9.88 Å². The van der Waals surface area contributed by atoms with Crippen molar-refractivity contribution >= 4 is 33.3 Å². The van der Waals surface area contributed by atoms with Gasteiger partial charge in [0.05, 0.1) is 21.3 Å². The molecule has 0 aromatic carbocycles. The Bertz CT molecular complexity index is 758. The fourth-order valence-electron chi connectivity index (χ4n) is 2.86. The molecule has 0 saturated carbocycles. The summed E-state index contributed by atoms with van der Waals surface area (Å²) >= 11 is 3.26. The number of aromatic amines is 1. The molecule has 2 heterocycles. The predicted octanol–water partition coefficient (Wildman–Crippen LogP) is 2.85. The zero-order valence-electron chi connectivity index (χ0n) is 12.9. The van der Waals surface area contributed by atoms with Gasteiger partial charge in [0.15, 0.2) is 5.78 Å². The number of hydrogen-bond donors (Lipinski definition) is 1. The van der Waals surface area contributed by atoms with E-state index in [4.69, 9.17) is 0 Å². The molecule has 0 spiro atoms. The van der Waals surface area contributed by atoms with E-state index in [1.807, 2.05) is 11.8 Å². The van der Waals surface area contributed by atoms with Crippen LogP contribution in [0.15, 0.2) is 10.2 Å². The van der Waals surface area contributed by atoms with E-state index in [0.717, 1.165) is 6.54 Å². The fourth-order valence-corrected chi connectivity index (χ4v) is 3.47. The lowest BCUT2D eigenvalue weighted by atomic mass is 9.90. The number of ketones is 3. The van der Waals surface area contributed by atoms with Crippen molar-refractivity contribution in [3.05, 3.63) is 32.7 Å². The summed E-state index contributed by atoms with van der Waals surface area (Å²) in [4.78, 5) is 42.7. The number of halogens is 1. The number of carbonyl (C=O) groups excluding carboxylic acids is 3. The highest BCUT2D eigenvalue weighted by Crippen LogP contribution is 2.38. The SMILES string of the molecule is Cc1[nH]c2c(c1C(=O)C(C)C)C(=O)C(N1CC1C)=C(Br)C2=O. The molecule has 116 valence electrons. The molecule has 1 aliphatic carbocycles. The minimum atomic E-state index is -0.269. The number of rotatable bonds is 3. The third-order valence-electron chi connectivity index (χ3n) is 4.18. The van der Waals surface area contributed by atoms with Crippen molar-refractivity contribution in [1.29, 1.82) is 0 Å². The van der Waals surface area contributed by atoms with Crippen molar-refractivity contribution in [2.45, 2.75) is 33.7 Å². The summed E-state index contributed by atoms with van der Waals surface area (Å²) in [5.74, 6) is -0.874. The highest BCUT2D eigenvalue weighted by Gasteiger charge is 2.44. The van der Waals surface area contributed by atoms with Crippen LogP contribution in [0.4, 0.5) is 0 Å². The molecular weight excluding hydrogens is 348 g/mol. The zero-order chi connectivity index (χ0) is 16.3. The van der Waals surface area contributed by atoms with Gasteiger partial charge in [-0.15, -0.1) is 0 Å². The molecule has 22 heavy (non-hydrogen) atoms. The van der Waals surface area contributed by atoms with Crippen LogP contribution in [0.2, 0.25) is 0 Å². The molecule has 1 atom stereocenters. The van der Waals surface area contributed by atoms with Gasteiger partial charge in [0.1, 0.15) is 5.70 Å². The summed E-state index contributed by atoms with van der Waals surface area (Å²) in [6.45, 7) is 8.03. The van der Waals surface area contributed by atoms with Gasteiger partial charge in [-0.1, -0.05) is 13.8 Å². The number of allylic oxidation sites excluding steroid dienone is 2. The summed E-state index contributed by atoms with van der Waals surface area (Å²) in [5, 5.41) is 0. The van der Waals surface area contributed by atoms with E-state index < -0.39 is 0 Å². The van der Waals surface area contributed by atoms with Crippen molar-refractivity contribution < 1.29 is 14.4 Å².